The molecule has 7 nitrogen and oxygen atoms in total. The molecular weight excluding hydrogens is 402 g/mol. The Kier molecular flexibility index (Phi) is 4.74. The minimum Gasteiger partial charge on any atom is -0.496 e. The Morgan fingerprint density at radius 3 is 2.40 bits per heavy atom. The Morgan fingerprint density at radius 1 is 1.00 bits per heavy atom. The van der Waals surface area contributed by atoms with E-state index in [0.717, 1.165) is 17.5 Å². The van der Waals surface area contributed by atoms with Crippen molar-refractivity contribution in [2.24, 2.45) is 7.05 Å². The first-order valence-electron chi connectivity index (χ1n) is 9.22. The molecule has 0 unspecified atom stereocenters. The molecule has 0 amide bonds. The number of nitrogens with zero attached hydrogens (tertiary/aromatic N) is 3. The molecule has 2 aromatic heterocycles. The number of pyridine rings is 1. The summed E-state index contributed by atoms with van der Waals surface area (Å²) in [6, 6.07) is 10.2. The third-order valence-corrected chi connectivity index (χ3v) is 6.14. The van der Waals surface area contributed by atoms with Crippen LogP contribution < -0.4 is 10.3 Å². The van der Waals surface area contributed by atoms with E-state index in [9.17, 15) is 13.2 Å². The molecule has 0 radical (unpaired) electrons. The second-order valence-electron chi connectivity index (χ2n) is 7.29. The minimum absolute atomic E-state index is 0.143. The van der Waals surface area contributed by atoms with E-state index in [2.05, 4.69) is 5.10 Å². The van der Waals surface area contributed by atoms with Gasteiger partial charge in [0.2, 0.25) is 0 Å². The zero-order valence-electron chi connectivity index (χ0n) is 17.1. The van der Waals surface area contributed by atoms with Crippen molar-refractivity contribution in [2.45, 2.75) is 11.8 Å². The van der Waals surface area contributed by atoms with Crippen LogP contribution in [0.1, 0.15) is 5.56 Å². The molecule has 154 valence electrons. The normalized spacial score (nSPS) is 11.7. The number of hydrogen-bond acceptors (Lipinski definition) is 5. The molecule has 0 saturated heterocycles. The molecule has 2 heterocycles. The summed E-state index contributed by atoms with van der Waals surface area (Å²) >= 11 is 0. The highest BCUT2D eigenvalue weighted by Crippen LogP contribution is 2.36. The van der Waals surface area contributed by atoms with E-state index in [4.69, 9.17) is 4.74 Å². The SMILES string of the molecule is COc1ccc(S(C)(=O)=O)cc1-c1cn(C)c(=O)c2ccc(-n3cc(C)cn3)cc12. The van der Waals surface area contributed by atoms with E-state index in [-0.39, 0.29) is 10.5 Å². The zero-order valence-corrected chi connectivity index (χ0v) is 17.9. The Balaban J connectivity index is 2.08. The summed E-state index contributed by atoms with van der Waals surface area (Å²) in [6.07, 6.45) is 6.52. The van der Waals surface area contributed by atoms with Crippen molar-refractivity contribution in [1.29, 1.82) is 0 Å². The number of rotatable bonds is 4. The van der Waals surface area contributed by atoms with Crippen LogP contribution >= 0.6 is 0 Å². The maximum absolute atomic E-state index is 12.8. The predicted octanol–water partition coefficient (Wildman–Crippen LogP) is 3.11. The van der Waals surface area contributed by atoms with E-state index in [1.54, 1.807) is 42.3 Å². The third kappa shape index (κ3) is 3.39. The number of benzene rings is 2. The van der Waals surface area contributed by atoms with Crippen LogP contribution in [0.5, 0.6) is 5.75 Å². The van der Waals surface area contributed by atoms with Gasteiger partial charge in [-0.15, -0.1) is 0 Å². The largest absolute Gasteiger partial charge is 0.496 e. The van der Waals surface area contributed by atoms with Crippen LogP contribution in [0.4, 0.5) is 0 Å². The number of aromatic nitrogens is 3. The van der Waals surface area contributed by atoms with Crippen molar-refractivity contribution in [2.75, 3.05) is 13.4 Å². The number of ether oxygens (including phenoxy) is 1. The lowest BCUT2D eigenvalue weighted by atomic mass is 9.99. The molecule has 0 spiro atoms. The molecule has 8 heteroatoms. The number of aryl methyl sites for hydroxylation is 2. The monoisotopic (exact) mass is 423 g/mol. The van der Waals surface area contributed by atoms with E-state index >= 15 is 0 Å². The minimum atomic E-state index is -3.42. The second kappa shape index (κ2) is 7.14. The van der Waals surface area contributed by atoms with Crippen molar-refractivity contribution in [1.82, 2.24) is 14.3 Å². The number of methoxy groups -OCH3 is 1. The molecule has 0 aliphatic carbocycles. The number of sulfone groups is 1. The fourth-order valence-electron chi connectivity index (χ4n) is 3.49. The molecule has 0 saturated carbocycles. The summed E-state index contributed by atoms with van der Waals surface area (Å²) in [5, 5.41) is 5.56. The van der Waals surface area contributed by atoms with Gasteiger partial charge in [-0.05, 0) is 54.3 Å². The second-order valence-corrected chi connectivity index (χ2v) is 9.30. The molecule has 0 N–H and O–H groups in total. The summed E-state index contributed by atoms with van der Waals surface area (Å²) < 4.78 is 33.0. The molecule has 30 heavy (non-hydrogen) atoms. The first-order chi connectivity index (χ1) is 14.2. The van der Waals surface area contributed by atoms with Crippen molar-refractivity contribution in [3.8, 4) is 22.6 Å². The molecule has 4 rings (SSSR count). The maximum atomic E-state index is 12.8. The van der Waals surface area contributed by atoms with Crippen molar-refractivity contribution >= 4 is 20.6 Å². The van der Waals surface area contributed by atoms with Crippen molar-refractivity contribution in [3.63, 3.8) is 0 Å². The van der Waals surface area contributed by atoms with Crippen molar-refractivity contribution < 1.29 is 13.2 Å². The maximum Gasteiger partial charge on any atom is 0.258 e. The summed E-state index contributed by atoms with van der Waals surface area (Å²) in [6.45, 7) is 1.95. The van der Waals surface area contributed by atoms with Gasteiger partial charge in [-0.2, -0.15) is 5.10 Å². The molecule has 2 aromatic carbocycles. The zero-order chi connectivity index (χ0) is 21.6. The van der Waals surface area contributed by atoms with Gasteiger partial charge in [0, 0.05) is 42.2 Å². The van der Waals surface area contributed by atoms with Gasteiger partial charge >= 0.3 is 0 Å². The van der Waals surface area contributed by atoms with Crippen LogP contribution in [-0.4, -0.2) is 36.1 Å². The Bertz CT molecular complexity index is 1450. The quantitative estimate of drug-likeness (QED) is 0.504. The average Bonchev–Trinajstić information content (AvgIpc) is 3.15. The molecule has 0 bridgehead atoms. The predicted molar refractivity (Wildman–Crippen MR) is 116 cm³/mol. The van der Waals surface area contributed by atoms with Crippen LogP contribution in [0.2, 0.25) is 0 Å². The summed E-state index contributed by atoms with van der Waals surface area (Å²) in [7, 11) is -0.218. The number of hydrogen-bond donors (Lipinski definition) is 0. The topological polar surface area (TPSA) is 83.2 Å². The van der Waals surface area contributed by atoms with Gasteiger partial charge in [0.1, 0.15) is 5.75 Å². The smallest absolute Gasteiger partial charge is 0.258 e. The van der Waals surface area contributed by atoms with E-state index in [1.165, 1.54) is 17.7 Å². The lowest BCUT2D eigenvalue weighted by molar-refractivity contribution is 0.416. The summed E-state index contributed by atoms with van der Waals surface area (Å²) in [5.74, 6) is 0.516. The first-order valence-corrected chi connectivity index (χ1v) is 11.1. The van der Waals surface area contributed by atoms with Crippen LogP contribution in [0.25, 0.3) is 27.6 Å². The molecule has 0 aliphatic heterocycles. The van der Waals surface area contributed by atoms with Crippen LogP contribution in [-0.2, 0) is 16.9 Å². The van der Waals surface area contributed by atoms with E-state index in [1.807, 2.05) is 25.3 Å². The van der Waals surface area contributed by atoms with Gasteiger partial charge in [0.05, 0.1) is 23.9 Å². The van der Waals surface area contributed by atoms with E-state index in [0.29, 0.717) is 27.6 Å². The van der Waals surface area contributed by atoms with Gasteiger partial charge in [0.15, 0.2) is 9.84 Å². The molecule has 0 fully saturated rings. The molecule has 0 aliphatic rings. The highest BCUT2D eigenvalue weighted by Gasteiger charge is 2.17. The first kappa shape index (κ1) is 19.9. The molecular formula is C22H21N3O4S. The summed E-state index contributed by atoms with van der Waals surface area (Å²) in [5.41, 5.74) is 2.95. The standard InChI is InChI=1S/C22H21N3O4S/c1-14-11-23-25(12-14)15-5-7-17-18(9-15)20(13-24(2)22(17)26)19-10-16(30(4,27)28)6-8-21(19)29-3/h5-13H,1-4H3. The van der Waals surface area contributed by atoms with Gasteiger partial charge < -0.3 is 9.30 Å². The van der Waals surface area contributed by atoms with Crippen molar-refractivity contribution in [3.05, 3.63) is 70.9 Å². The highest BCUT2D eigenvalue weighted by atomic mass is 32.2. The Labute approximate surface area is 174 Å². The van der Waals surface area contributed by atoms with Gasteiger partial charge in [0.25, 0.3) is 5.56 Å². The van der Waals surface area contributed by atoms with Crippen LogP contribution in [0, 0.1) is 6.92 Å². The lowest BCUT2D eigenvalue weighted by Crippen LogP contribution is -2.17. The van der Waals surface area contributed by atoms with Crippen LogP contribution in [0.3, 0.4) is 0 Å². The summed E-state index contributed by atoms with van der Waals surface area (Å²) in [4.78, 5) is 12.9. The number of fused-ring (bicyclic) bond motifs is 1. The molecule has 0 atom stereocenters. The third-order valence-electron chi connectivity index (χ3n) is 5.03. The fourth-order valence-corrected chi connectivity index (χ4v) is 4.14. The van der Waals surface area contributed by atoms with E-state index < -0.39 is 9.84 Å². The Hall–Kier alpha value is -3.39. The van der Waals surface area contributed by atoms with Gasteiger partial charge in [-0.25, -0.2) is 13.1 Å². The van der Waals surface area contributed by atoms with Crippen LogP contribution in [0.15, 0.2) is 64.7 Å². The fraction of sp³-hybridized carbons (Fsp3) is 0.182. The average molecular weight is 423 g/mol. The van der Waals surface area contributed by atoms with Gasteiger partial charge in [-0.3, -0.25) is 4.79 Å². The lowest BCUT2D eigenvalue weighted by Gasteiger charge is -2.15. The van der Waals surface area contributed by atoms with Gasteiger partial charge in [-0.1, -0.05) is 0 Å². The Morgan fingerprint density at radius 2 is 1.77 bits per heavy atom. The molecule has 4 aromatic rings. The highest BCUT2D eigenvalue weighted by molar-refractivity contribution is 7.90.